The standard InChI is InChI=1S/C24H27N3O2/c25-16-20-8-5-15-27(20)23(28)17-26-14-13-24(29)21-9-3-1-6-18(21)11-12-19-7-2-4-10-22(19)24/h1-4,6-7,9-10,20,26,29H,5,8,11-15,17H2/t20-/m0/s1. The molecule has 2 N–H and O–H groups in total. The van der Waals surface area contributed by atoms with Gasteiger partial charge in [0, 0.05) is 6.54 Å². The summed E-state index contributed by atoms with van der Waals surface area (Å²) in [4.78, 5) is 14.1. The molecular weight excluding hydrogens is 362 g/mol. The first kappa shape index (κ1) is 19.6. The summed E-state index contributed by atoms with van der Waals surface area (Å²) in [6.45, 7) is 1.36. The van der Waals surface area contributed by atoms with Crippen LogP contribution in [0.5, 0.6) is 0 Å². The first-order chi connectivity index (χ1) is 14.1. The van der Waals surface area contributed by atoms with Gasteiger partial charge in [-0.25, -0.2) is 0 Å². The summed E-state index contributed by atoms with van der Waals surface area (Å²) in [5.41, 5.74) is 3.19. The van der Waals surface area contributed by atoms with Crippen molar-refractivity contribution in [3.8, 4) is 6.07 Å². The number of amides is 1. The summed E-state index contributed by atoms with van der Waals surface area (Å²) in [6, 6.07) is 18.1. The van der Waals surface area contributed by atoms with Gasteiger partial charge in [-0.2, -0.15) is 5.26 Å². The highest BCUT2D eigenvalue weighted by atomic mass is 16.3. The molecule has 2 aromatic rings. The molecule has 5 nitrogen and oxygen atoms in total. The molecule has 1 heterocycles. The number of hydrogen-bond donors (Lipinski definition) is 2. The summed E-state index contributed by atoms with van der Waals surface area (Å²) < 4.78 is 0. The lowest BCUT2D eigenvalue weighted by Gasteiger charge is -2.31. The monoisotopic (exact) mass is 389 g/mol. The van der Waals surface area contributed by atoms with E-state index in [4.69, 9.17) is 0 Å². The van der Waals surface area contributed by atoms with Gasteiger partial charge in [-0.15, -0.1) is 0 Å². The summed E-state index contributed by atoms with van der Waals surface area (Å²) in [5, 5.41) is 24.2. The zero-order valence-electron chi connectivity index (χ0n) is 16.6. The maximum Gasteiger partial charge on any atom is 0.237 e. The van der Waals surface area contributed by atoms with E-state index in [-0.39, 0.29) is 18.5 Å². The van der Waals surface area contributed by atoms with Crippen molar-refractivity contribution in [2.75, 3.05) is 19.6 Å². The fourth-order valence-corrected chi connectivity index (χ4v) is 4.73. The minimum absolute atomic E-state index is 0.0392. The second-order valence-corrected chi connectivity index (χ2v) is 7.98. The van der Waals surface area contributed by atoms with Gasteiger partial charge < -0.3 is 15.3 Å². The van der Waals surface area contributed by atoms with Crippen LogP contribution in [0.3, 0.4) is 0 Å². The van der Waals surface area contributed by atoms with Gasteiger partial charge in [-0.3, -0.25) is 4.79 Å². The van der Waals surface area contributed by atoms with Crippen molar-refractivity contribution in [1.82, 2.24) is 10.2 Å². The van der Waals surface area contributed by atoms with Gasteiger partial charge in [0.15, 0.2) is 0 Å². The molecule has 0 aromatic heterocycles. The molecule has 1 atom stereocenters. The van der Waals surface area contributed by atoms with Crippen LogP contribution in [-0.4, -0.2) is 41.6 Å². The molecule has 2 aromatic carbocycles. The second-order valence-electron chi connectivity index (χ2n) is 7.98. The Labute approximate surface area is 172 Å². The smallest absolute Gasteiger partial charge is 0.237 e. The molecule has 1 aliphatic carbocycles. The molecule has 150 valence electrons. The molecule has 29 heavy (non-hydrogen) atoms. The lowest BCUT2D eigenvalue weighted by Crippen LogP contribution is -2.42. The summed E-state index contributed by atoms with van der Waals surface area (Å²) in [5.74, 6) is -0.0392. The largest absolute Gasteiger partial charge is 0.380 e. The number of aryl methyl sites for hydroxylation is 2. The molecular formula is C24H27N3O2. The van der Waals surface area contributed by atoms with E-state index in [2.05, 4.69) is 23.5 Å². The number of aliphatic hydroxyl groups is 1. The number of benzene rings is 2. The van der Waals surface area contributed by atoms with Gasteiger partial charge in [0.1, 0.15) is 11.6 Å². The number of nitrogens with zero attached hydrogens (tertiary/aromatic N) is 2. The molecule has 2 aliphatic rings. The highest BCUT2D eigenvalue weighted by molar-refractivity contribution is 5.79. The third kappa shape index (κ3) is 3.78. The second kappa shape index (κ2) is 8.36. The third-order valence-electron chi connectivity index (χ3n) is 6.25. The number of carbonyl (C=O) groups excluding carboxylic acids is 1. The Bertz CT molecular complexity index is 886. The summed E-state index contributed by atoms with van der Waals surface area (Å²) >= 11 is 0. The SMILES string of the molecule is N#C[C@@H]1CCCN1C(=O)CNCCC1(O)c2ccccc2CCc2ccccc21. The normalized spacial score (nSPS) is 19.7. The number of hydrogen-bond acceptors (Lipinski definition) is 4. The Morgan fingerprint density at radius 1 is 1.14 bits per heavy atom. The van der Waals surface area contributed by atoms with E-state index in [0.717, 1.165) is 36.8 Å². The van der Waals surface area contributed by atoms with E-state index in [1.54, 1.807) is 4.90 Å². The van der Waals surface area contributed by atoms with E-state index in [1.807, 2.05) is 36.4 Å². The van der Waals surface area contributed by atoms with Crippen molar-refractivity contribution in [3.63, 3.8) is 0 Å². The van der Waals surface area contributed by atoms with Crippen LogP contribution in [0.25, 0.3) is 0 Å². The first-order valence-corrected chi connectivity index (χ1v) is 10.4. The van der Waals surface area contributed by atoms with Crippen molar-refractivity contribution in [2.45, 2.75) is 43.7 Å². The van der Waals surface area contributed by atoms with Crippen LogP contribution < -0.4 is 5.32 Å². The van der Waals surface area contributed by atoms with Gasteiger partial charge in [0.25, 0.3) is 0 Å². The number of rotatable bonds is 5. The number of carbonyl (C=O) groups is 1. The minimum Gasteiger partial charge on any atom is -0.380 e. The summed E-state index contributed by atoms with van der Waals surface area (Å²) in [6.07, 6.45) is 3.95. The van der Waals surface area contributed by atoms with E-state index in [1.165, 1.54) is 11.1 Å². The third-order valence-corrected chi connectivity index (χ3v) is 6.25. The van der Waals surface area contributed by atoms with Crippen LogP contribution >= 0.6 is 0 Å². The van der Waals surface area contributed by atoms with Crippen LogP contribution in [-0.2, 0) is 23.2 Å². The number of nitriles is 1. The van der Waals surface area contributed by atoms with Crippen molar-refractivity contribution in [2.24, 2.45) is 0 Å². The molecule has 5 heteroatoms. The molecule has 0 unspecified atom stereocenters. The Morgan fingerprint density at radius 2 is 1.76 bits per heavy atom. The number of fused-ring (bicyclic) bond motifs is 2. The average Bonchev–Trinajstić information content (AvgIpc) is 3.20. The fraction of sp³-hybridized carbons (Fsp3) is 0.417. The van der Waals surface area contributed by atoms with Crippen LogP contribution in [0.1, 0.15) is 41.5 Å². The van der Waals surface area contributed by atoms with E-state index >= 15 is 0 Å². The van der Waals surface area contributed by atoms with Crippen molar-refractivity contribution in [1.29, 1.82) is 5.26 Å². The molecule has 1 fully saturated rings. The fourth-order valence-electron chi connectivity index (χ4n) is 4.73. The Kier molecular flexibility index (Phi) is 5.66. The van der Waals surface area contributed by atoms with Crippen LogP contribution in [0, 0.1) is 11.3 Å². The molecule has 0 spiro atoms. The van der Waals surface area contributed by atoms with Crippen LogP contribution in [0.15, 0.2) is 48.5 Å². The van der Waals surface area contributed by atoms with Crippen molar-refractivity contribution >= 4 is 5.91 Å². The zero-order chi connectivity index (χ0) is 20.3. The van der Waals surface area contributed by atoms with Crippen LogP contribution in [0.4, 0.5) is 0 Å². The van der Waals surface area contributed by atoms with Gasteiger partial charge >= 0.3 is 0 Å². The van der Waals surface area contributed by atoms with Gasteiger partial charge in [0.05, 0.1) is 12.6 Å². The Hall–Kier alpha value is -2.68. The highest BCUT2D eigenvalue weighted by Gasteiger charge is 2.36. The average molecular weight is 389 g/mol. The predicted molar refractivity (Wildman–Crippen MR) is 111 cm³/mol. The van der Waals surface area contributed by atoms with E-state index < -0.39 is 5.60 Å². The minimum atomic E-state index is -1.08. The Balaban J connectivity index is 1.48. The lowest BCUT2D eigenvalue weighted by molar-refractivity contribution is -0.130. The van der Waals surface area contributed by atoms with Gasteiger partial charge in [-0.1, -0.05) is 48.5 Å². The molecule has 4 rings (SSSR count). The van der Waals surface area contributed by atoms with E-state index in [0.29, 0.717) is 19.5 Å². The predicted octanol–water partition coefficient (Wildman–Crippen LogP) is 2.52. The number of nitrogens with one attached hydrogen (secondary N) is 1. The molecule has 1 amide bonds. The van der Waals surface area contributed by atoms with Crippen LogP contribution in [0.2, 0.25) is 0 Å². The highest BCUT2D eigenvalue weighted by Crippen LogP contribution is 2.39. The van der Waals surface area contributed by atoms with Crippen molar-refractivity contribution < 1.29 is 9.90 Å². The van der Waals surface area contributed by atoms with E-state index in [9.17, 15) is 15.2 Å². The lowest BCUT2D eigenvalue weighted by atomic mass is 9.81. The molecule has 1 saturated heterocycles. The number of likely N-dealkylation sites (tertiary alicyclic amines) is 1. The van der Waals surface area contributed by atoms with Gasteiger partial charge in [0.2, 0.25) is 5.91 Å². The molecule has 0 saturated carbocycles. The van der Waals surface area contributed by atoms with Crippen molar-refractivity contribution in [3.05, 3.63) is 70.8 Å². The quantitative estimate of drug-likeness (QED) is 0.771. The maximum atomic E-state index is 12.4. The Morgan fingerprint density at radius 3 is 2.38 bits per heavy atom. The summed E-state index contributed by atoms with van der Waals surface area (Å²) in [7, 11) is 0. The topological polar surface area (TPSA) is 76.4 Å². The molecule has 0 bridgehead atoms. The molecule has 1 aliphatic heterocycles. The zero-order valence-corrected chi connectivity index (χ0v) is 16.6. The van der Waals surface area contributed by atoms with Gasteiger partial charge in [-0.05, 0) is 60.9 Å². The maximum absolute atomic E-state index is 12.4. The first-order valence-electron chi connectivity index (χ1n) is 10.4. The molecule has 0 radical (unpaired) electrons.